The van der Waals surface area contributed by atoms with Crippen molar-refractivity contribution in [3.05, 3.63) is 64.7 Å². The lowest BCUT2D eigenvalue weighted by atomic mass is 9.95. The lowest BCUT2D eigenvalue weighted by molar-refractivity contribution is -0.138. The maximum absolute atomic E-state index is 13.1. The van der Waals surface area contributed by atoms with E-state index >= 15 is 0 Å². The maximum atomic E-state index is 13.1. The zero-order chi connectivity index (χ0) is 23.6. The Balaban J connectivity index is 1.64. The van der Waals surface area contributed by atoms with E-state index in [1.54, 1.807) is 23.2 Å². The number of hydrogen-bond donors (Lipinski definition) is 2. The molecule has 8 heteroatoms. The molecular weight excluding hydrogens is 422 g/mol. The zero-order valence-corrected chi connectivity index (χ0v) is 18.9. The van der Waals surface area contributed by atoms with E-state index in [-0.39, 0.29) is 18.4 Å². The number of amides is 1. The van der Waals surface area contributed by atoms with E-state index in [0.717, 1.165) is 23.1 Å². The van der Waals surface area contributed by atoms with Gasteiger partial charge in [0.2, 0.25) is 0 Å². The summed E-state index contributed by atoms with van der Waals surface area (Å²) in [4.78, 5) is 26.2. The number of nitrogens with two attached hydrogens (primary N) is 1. The number of hydrogen-bond acceptors (Lipinski definition) is 6. The summed E-state index contributed by atoms with van der Waals surface area (Å²) in [5.41, 5.74) is 3.45. The van der Waals surface area contributed by atoms with E-state index in [9.17, 15) is 14.7 Å². The molecule has 0 saturated carbocycles. The van der Waals surface area contributed by atoms with E-state index in [1.165, 1.54) is 0 Å². The third-order valence-corrected chi connectivity index (χ3v) is 5.68. The lowest BCUT2D eigenvalue weighted by Gasteiger charge is -2.35. The quantitative estimate of drug-likeness (QED) is 0.221. The van der Waals surface area contributed by atoms with Crippen LogP contribution in [0.5, 0.6) is 5.75 Å². The molecular formula is C25H31N3O5. The molecule has 0 aliphatic carbocycles. The monoisotopic (exact) mass is 453 g/mol. The van der Waals surface area contributed by atoms with Gasteiger partial charge in [0.25, 0.3) is 5.91 Å². The first-order valence-corrected chi connectivity index (χ1v) is 11.2. The Kier molecular flexibility index (Phi) is 8.83. The summed E-state index contributed by atoms with van der Waals surface area (Å²) in [5.74, 6) is 4.84. The number of benzene rings is 2. The van der Waals surface area contributed by atoms with Crippen LogP contribution in [0.3, 0.4) is 0 Å². The summed E-state index contributed by atoms with van der Waals surface area (Å²) in [6.07, 6.45) is 3.49. The molecule has 0 saturated heterocycles. The van der Waals surface area contributed by atoms with Gasteiger partial charge in [-0.1, -0.05) is 24.3 Å². The van der Waals surface area contributed by atoms with Crippen LogP contribution in [0.4, 0.5) is 0 Å². The number of hydrazone groups is 1. The van der Waals surface area contributed by atoms with Crippen molar-refractivity contribution in [2.45, 2.75) is 45.3 Å². The van der Waals surface area contributed by atoms with Gasteiger partial charge in [-0.25, -0.2) is 0 Å². The van der Waals surface area contributed by atoms with Crippen molar-refractivity contribution in [1.82, 2.24) is 4.90 Å². The molecule has 3 rings (SSSR count). The molecule has 1 aliphatic heterocycles. The molecule has 1 atom stereocenters. The van der Waals surface area contributed by atoms with E-state index < -0.39 is 5.97 Å². The fourth-order valence-electron chi connectivity index (χ4n) is 4.01. The molecule has 2 aromatic carbocycles. The number of ether oxygens (including phenoxy) is 2. The van der Waals surface area contributed by atoms with Gasteiger partial charge in [0.15, 0.2) is 0 Å². The van der Waals surface area contributed by atoms with Crippen molar-refractivity contribution in [1.29, 1.82) is 0 Å². The summed E-state index contributed by atoms with van der Waals surface area (Å²) >= 11 is 0. The van der Waals surface area contributed by atoms with Crippen LogP contribution in [0.1, 0.15) is 53.2 Å². The van der Waals surface area contributed by atoms with E-state index in [2.05, 4.69) is 5.10 Å². The van der Waals surface area contributed by atoms with Crippen molar-refractivity contribution >= 4 is 18.1 Å². The van der Waals surface area contributed by atoms with Crippen molar-refractivity contribution < 1.29 is 24.2 Å². The number of fused-ring (bicyclic) bond motifs is 1. The predicted molar refractivity (Wildman–Crippen MR) is 126 cm³/mol. The smallest absolute Gasteiger partial charge is 0.305 e. The summed E-state index contributed by atoms with van der Waals surface area (Å²) in [7, 11) is 0. The third-order valence-electron chi connectivity index (χ3n) is 5.68. The van der Waals surface area contributed by atoms with Crippen LogP contribution in [0.2, 0.25) is 0 Å². The fourth-order valence-corrected chi connectivity index (χ4v) is 4.01. The number of aliphatic carboxylic acids is 1. The van der Waals surface area contributed by atoms with Gasteiger partial charge < -0.3 is 25.3 Å². The first-order chi connectivity index (χ1) is 16.0. The first kappa shape index (κ1) is 24.3. The molecule has 33 heavy (non-hydrogen) atoms. The van der Waals surface area contributed by atoms with Gasteiger partial charge in [-0.2, -0.15) is 5.10 Å². The van der Waals surface area contributed by atoms with Gasteiger partial charge in [-0.3, -0.25) is 9.59 Å². The molecule has 2 aromatic rings. The summed E-state index contributed by atoms with van der Waals surface area (Å²) in [6, 6.07) is 12.9. The second-order valence-corrected chi connectivity index (χ2v) is 7.97. The molecule has 176 valence electrons. The van der Waals surface area contributed by atoms with Crippen molar-refractivity contribution in [3.8, 4) is 5.75 Å². The third kappa shape index (κ3) is 6.79. The Morgan fingerprint density at radius 2 is 2.06 bits per heavy atom. The number of nitrogens with zero attached hydrogens (tertiary/aromatic N) is 2. The molecule has 1 aliphatic rings. The summed E-state index contributed by atoms with van der Waals surface area (Å²) in [6.45, 7) is 4.01. The van der Waals surface area contributed by atoms with Crippen LogP contribution in [-0.2, 0) is 22.6 Å². The van der Waals surface area contributed by atoms with Crippen molar-refractivity contribution in [3.63, 3.8) is 0 Å². The molecule has 8 nitrogen and oxygen atoms in total. The minimum atomic E-state index is -0.901. The first-order valence-electron chi connectivity index (χ1n) is 11.2. The minimum absolute atomic E-state index is 0.0652. The molecule has 3 N–H and O–H groups in total. The Morgan fingerprint density at radius 1 is 1.27 bits per heavy atom. The Hall–Kier alpha value is -3.39. The lowest BCUT2D eigenvalue weighted by Crippen LogP contribution is -2.45. The number of carboxylic acid groups (broad SMARTS) is 1. The average Bonchev–Trinajstić information content (AvgIpc) is 2.81. The molecule has 0 spiro atoms. The molecule has 1 amide bonds. The highest BCUT2D eigenvalue weighted by Gasteiger charge is 2.31. The van der Waals surface area contributed by atoms with E-state index in [0.29, 0.717) is 50.5 Å². The average molecular weight is 454 g/mol. The van der Waals surface area contributed by atoms with Crippen molar-refractivity contribution in [2.24, 2.45) is 10.9 Å². The number of carbonyl (C=O) groups is 2. The van der Waals surface area contributed by atoms with Gasteiger partial charge in [-0.15, -0.1) is 0 Å². The molecule has 0 radical (unpaired) electrons. The van der Waals surface area contributed by atoms with Crippen LogP contribution in [0.25, 0.3) is 0 Å². The molecule has 1 unspecified atom stereocenters. The summed E-state index contributed by atoms with van der Waals surface area (Å²) < 4.78 is 11.3. The van der Waals surface area contributed by atoms with Gasteiger partial charge in [0.05, 0.1) is 12.6 Å². The van der Waals surface area contributed by atoms with Crippen LogP contribution in [0, 0.1) is 0 Å². The minimum Gasteiger partial charge on any atom is -0.489 e. The molecule has 0 aromatic heterocycles. The van der Waals surface area contributed by atoms with Crippen LogP contribution >= 0.6 is 0 Å². The van der Waals surface area contributed by atoms with E-state index in [1.807, 2.05) is 37.3 Å². The largest absolute Gasteiger partial charge is 0.489 e. The zero-order valence-electron chi connectivity index (χ0n) is 18.9. The van der Waals surface area contributed by atoms with Gasteiger partial charge in [-0.05, 0) is 61.1 Å². The van der Waals surface area contributed by atoms with Gasteiger partial charge >= 0.3 is 5.97 Å². The molecule has 0 fully saturated rings. The summed E-state index contributed by atoms with van der Waals surface area (Å²) in [5, 5.41) is 12.8. The highest BCUT2D eigenvalue weighted by molar-refractivity contribution is 5.97. The van der Waals surface area contributed by atoms with Gasteiger partial charge in [0.1, 0.15) is 12.4 Å². The highest BCUT2D eigenvalue weighted by Crippen LogP contribution is 2.27. The van der Waals surface area contributed by atoms with Crippen LogP contribution in [-0.4, -0.2) is 53.9 Å². The highest BCUT2D eigenvalue weighted by atomic mass is 16.5. The Bertz CT molecular complexity index is 975. The number of carboxylic acids is 1. The standard InChI is InChI=1S/C25H31N3O5/c1-2-32-13-3-4-21(15-24(29)30)28-12-11-20-14-22(9-10-23(20)25(28)31)33-17-19-7-5-18(6-8-19)16-27-26/h5-10,14,16,21H,2-4,11-13,15,17,26H2,1H3,(H,29,30). The van der Waals surface area contributed by atoms with Crippen LogP contribution < -0.4 is 10.6 Å². The SMILES string of the molecule is CCOCCCC(CC(=O)O)N1CCc2cc(OCc3ccc(C=NN)cc3)ccc2C1=O. The normalized spacial score (nSPS) is 14.3. The second-order valence-electron chi connectivity index (χ2n) is 7.97. The molecule has 1 heterocycles. The second kappa shape index (κ2) is 12.0. The van der Waals surface area contributed by atoms with Gasteiger partial charge in [0, 0.05) is 31.4 Å². The Morgan fingerprint density at radius 3 is 2.76 bits per heavy atom. The Labute approximate surface area is 194 Å². The molecule has 0 bridgehead atoms. The van der Waals surface area contributed by atoms with Crippen LogP contribution in [0.15, 0.2) is 47.6 Å². The van der Waals surface area contributed by atoms with E-state index in [4.69, 9.17) is 15.3 Å². The predicted octanol–water partition coefficient (Wildman–Crippen LogP) is 3.22. The number of rotatable bonds is 12. The topological polar surface area (TPSA) is 114 Å². The fraction of sp³-hybridized carbons (Fsp3) is 0.400. The van der Waals surface area contributed by atoms with Crippen molar-refractivity contribution in [2.75, 3.05) is 19.8 Å². The maximum Gasteiger partial charge on any atom is 0.305 e. The number of carbonyl (C=O) groups excluding carboxylic acids is 1.